The number of methoxy groups -OCH3 is 1. The molecule has 2 aromatic heterocycles. The number of carbonyl (C=O) groups excluding carboxylic acids is 1. The second kappa shape index (κ2) is 10.2. The molecular weight excluding hydrogens is 416 g/mol. The number of benzene rings is 2. The molecule has 0 aliphatic heterocycles. The molecule has 33 heavy (non-hydrogen) atoms. The zero-order chi connectivity index (χ0) is 23.2. The summed E-state index contributed by atoms with van der Waals surface area (Å²) in [5, 5.41) is 3.04. The molecule has 0 spiro atoms. The van der Waals surface area contributed by atoms with Crippen molar-refractivity contribution in [2.24, 2.45) is 0 Å². The van der Waals surface area contributed by atoms with Gasteiger partial charge in [-0.25, -0.2) is 4.98 Å². The smallest absolute Gasteiger partial charge is 0.251 e. The monoisotopic (exact) mass is 444 g/mol. The molecule has 7 nitrogen and oxygen atoms in total. The van der Waals surface area contributed by atoms with Crippen LogP contribution in [0.3, 0.4) is 0 Å². The molecule has 0 fully saturated rings. The number of carbonyl (C=O) groups is 1. The van der Waals surface area contributed by atoms with Crippen LogP contribution in [0.1, 0.15) is 27.7 Å². The number of fused-ring (bicyclic) bond motifs is 1. The number of amides is 1. The summed E-state index contributed by atoms with van der Waals surface area (Å²) in [5.74, 6) is 1.26. The van der Waals surface area contributed by atoms with Gasteiger partial charge in [0, 0.05) is 30.1 Å². The number of nitrogens with one attached hydrogen (secondary N) is 1. The lowest BCUT2D eigenvalue weighted by atomic mass is 10.0. The first kappa shape index (κ1) is 22.4. The van der Waals surface area contributed by atoms with Gasteiger partial charge in [0.25, 0.3) is 5.91 Å². The number of likely N-dealkylation sites (N-methyl/N-ethyl adjacent to an activating group) is 1. The predicted octanol–water partition coefficient (Wildman–Crippen LogP) is 3.95. The van der Waals surface area contributed by atoms with Crippen molar-refractivity contribution in [1.29, 1.82) is 0 Å². The van der Waals surface area contributed by atoms with E-state index in [4.69, 9.17) is 9.47 Å². The SMILES string of the molecule is COc1ccccc1C(CNC(=O)c1cccc(OCc2cn3ccccc3n2)c1)N(C)C. The maximum atomic E-state index is 12.9. The van der Waals surface area contributed by atoms with Crippen molar-refractivity contribution >= 4 is 11.6 Å². The number of hydrogen-bond donors (Lipinski definition) is 1. The lowest BCUT2D eigenvalue weighted by Gasteiger charge is -2.26. The fraction of sp³-hybridized carbons (Fsp3) is 0.231. The second-order valence-corrected chi connectivity index (χ2v) is 7.95. The fourth-order valence-electron chi connectivity index (χ4n) is 3.74. The summed E-state index contributed by atoms with van der Waals surface area (Å²) in [6.07, 6.45) is 3.88. The number of hydrogen-bond acceptors (Lipinski definition) is 5. The van der Waals surface area contributed by atoms with Crippen molar-refractivity contribution in [3.63, 3.8) is 0 Å². The van der Waals surface area contributed by atoms with Gasteiger partial charge in [-0.1, -0.05) is 30.3 Å². The van der Waals surface area contributed by atoms with Crippen molar-refractivity contribution in [3.8, 4) is 11.5 Å². The molecule has 1 amide bonds. The normalized spacial score (nSPS) is 12.0. The van der Waals surface area contributed by atoms with Crippen LogP contribution >= 0.6 is 0 Å². The van der Waals surface area contributed by atoms with Gasteiger partial charge >= 0.3 is 0 Å². The van der Waals surface area contributed by atoms with Gasteiger partial charge < -0.3 is 24.1 Å². The molecule has 4 aromatic rings. The van der Waals surface area contributed by atoms with Gasteiger partial charge in [-0.2, -0.15) is 0 Å². The van der Waals surface area contributed by atoms with Gasteiger partial charge in [-0.05, 0) is 50.5 Å². The topological polar surface area (TPSA) is 68.1 Å². The Hall–Kier alpha value is -3.84. The Kier molecular flexibility index (Phi) is 6.90. The van der Waals surface area contributed by atoms with E-state index in [0.717, 1.165) is 22.7 Å². The zero-order valence-electron chi connectivity index (χ0n) is 19.1. The first-order valence-corrected chi connectivity index (χ1v) is 10.8. The van der Waals surface area contributed by atoms with Gasteiger partial charge in [0.05, 0.1) is 18.8 Å². The van der Waals surface area contributed by atoms with Crippen molar-refractivity contribution in [3.05, 3.63) is 95.9 Å². The van der Waals surface area contributed by atoms with E-state index in [0.29, 0.717) is 24.5 Å². The van der Waals surface area contributed by atoms with E-state index in [9.17, 15) is 4.79 Å². The third kappa shape index (κ3) is 5.32. The van der Waals surface area contributed by atoms with Crippen LogP contribution in [0.2, 0.25) is 0 Å². The Balaban J connectivity index is 1.40. The minimum absolute atomic E-state index is 0.0282. The van der Waals surface area contributed by atoms with Crippen LogP contribution in [-0.4, -0.2) is 47.9 Å². The molecule has 0 saturated carbocycles. The standard InChI is InChI=1S/C26H28N4O3/c1-29(2)23(22-11-4-5-12-24(22)32-3)16-27-26(31)19-9-8-10-21(15-19)33-18-20-17-30-14-7-6-13-25(30)28-20/h4-15,17,23H,16,18H2,1-3H3,(H,27,31). The summed E-state index contributed by atoms with van der Waals surface area (Å²) >= 11 is 0. The molecule has 4 rings (SSSR count). The van der Waals surface area contributed by atoms with E-state index in [1.165, 1.54) is 0 Å². The lowest BCUT2D eigenvalue weighted by molar-refractivity contribution is 0.0941. The number of imidazole rings is 1. The van der Waals surface area contributed by atoms with E-state index >= 15 is 0 Å². The summed E-state index contributed by atoms with van der Waals surface area (Å²) in [7, 11) is 5.62. The Morgan fingerprint density at radius 1 is 1.09 bits per heavy atom. The number of pyridine rings is 1. The summed E-state index contributed by atoms with van der Waals surface area (Å²) in [6.45, 7) is 0.766. The predicted molar refractivity (Wildman–Crippen MR) is 128 cm³/mol. The van der Waals surface area contributed by atoms with E-state index in [2.05, 4.69) is 15.2 Å². The average molecular weight is 445 g/mol. The molecule has 7 heteroatoms. The van der Waals surface area contributed by atoms with E-state index in [1.54, 1.807) is 19.2 Å². The summed E-state index contributed by atoms with van der Waals surface area (Å²) in [5.41, 5.74) is 3.26. The first-order valence-electron chi connectivity index (χ1n) is 10.8. The highest BCUT2D eigenvalue weighted by Gasteiger charge is 2.19. The van der Waals surface area contributed by atoms with Gasteiger partial charge in [-0.15, -0.1) is 0 Å². The van der Waals surface area contributed by atoms with Gasteiger partial charge in [0.15, 0.2) is 0 Å². The molecule has 1 atom stereocenters. The molecule has 0 aliphatic rings. The Morgan fingerprint density at radius 2 is 1.91 bits per heavy atom. The zero-order valence-corrected chi connectivity index (χ0v) is 19.1. The van der Waals surface area contributed by atoms with Crippen molar-refractivity contribution < 1.29 is 14.3 Å². The number of rotatable bonds is 9. The highest BCUT2D eigenvalue weighted by atomic mass is 16.5. The van der Waals surface area contributed by atoms with Crippen molar-refractivity contribution in [2.75, 3.05) is 27.7 Å². The quantitative estimate of drug-likeness (QED) is 0.423. The molecule has 0 aliphatic carbocycles. The number of ether oxygens (including phenoxy) is 2. The number of aromatic nitrogens is 2. The van der Waals surface area contributed by atoms with Gasteiger partial charge in [0.1, 0.15) is 23.8 Å². The highest BCUT2D eigenvalue weighted by molar-refractivity contribution is 5.94. The maximum Gasteiger partial charge on any atom is 0.251 e. The van der Waals surface area contributed by atoms with Crippen LogP contribution < -0.4 is 14.8 Å². The molecule has 0 radical (unpaired) electrons. The molecule has 1 N–H and O–H groups in total. The fourth-order valence-corrected chi connectivity index (χ4v) is 3.74. The molecule has 0 saturated heterocycles. The van der Waals surface area contributed by atoms with Crippen molar-refractivity contribution in [1.82, 2.24) is 19.6 Å². The minimum Gasteiger partial charge on any atom is -0.496 e. The van der Waals surface area contributed by atoms with Crippen LogP contribution in [0.15, 0.2) is 79.1 Å². The van der Waals surface area contributed by atoms with E-state index < -0.39 is 0 Å². The molecule has 0 bridgehead atoms. The van der Waals surface area contributed by atoms with Gasteiger partial charge in [-0.3, -0.25) is 4.79 Å². The third-order valence-electron chi connectivity index (χ3n) is 5.47. The number of nitrogens with zero attached hydrogens (tertiary/aromatic N) is 3. The summed E-state index contributed by atoms with van der Waals surface area (Å²) in [6, 6.07) is 20.9. The highest BCUT2D eigenvalue weighted by Crippen LogP contribution is 2.27. The maximum absolute atomic E-state index is 12.9. The van der Waals surface area contributed by atoms with Crippen LogP contribution in [0, 0.1) is 0 Å². The Bertz CT molecular complexity index is 1200. The molecule has 1 unspecified atom stereocenters. The molecule has 2 heterocycles. The Morgan fingerprint density at radius 3 is 2.70 bits per heavy atom. The minimum atomic E-state index is -0.157. The lowest BCUT2D eigenvalue weighted by Crippen LogP contribution is -2.34. The van der Waals surface area contributed by atoms with Gasteiger partial charge in [0.2, 0.25) is 0 Å². The van der Waals surface area contributed by atoms with Crippen LogP contribution in [0.5, 0.6) is 11.5 Å². The summed E-state index contributed by atoms with van der Waals surface area (Å²) < 4.78 is 13.3. The van der Waals surface area contributed by atoms with E-state index in [-0.39, 0.29) is 11.9 Å². The second-order valence-electron chi connectivity index (χ2n) is 7.95. The van der Waals surface area contributed by atoms with Crippen LogP contribution in [0.4, 0.5) is 0 Å². The first-order chi connectivity index (χ1) is 16.0. The van der Waals surface area contributed by atoms with Crippen molar-refractivity contribution in [2.45, 2.75) is 12.6 Å². The molecule has 170 valence electrons. The number of para-hydroxylation sites is 1. The van der Waals surface area contributed by atoms with E-state index in [1.807, 2.05) is 85.5 Å². The molecular formula is C26H28N4O3. The molecule has 2 aromatic carbocycles. The van der Waals surface area contributed by atoms with Crippen LogP contribution in [0.25, 0.3) is 5.65 Å². The summed E-state index contributed by atoms with van der Waals surface area (Å²) in [4.78, 5) is 19.5. The third-order valence-corrected chi connectivity index (χ3v) is 5.47. The average Bonchev–Trinajstić information content (AvgIpc) is 3.26. The largest absolute Gasteiger partial charge is 0.496 e. The van der Waals surface area contributed by atoms with Crippen LogP contribution in [-0.2, 0) is 6.61 Å². The Labute approximate surface area is 193 Å².